The summed E-state index contributed by atoms with van der Waals surface area (Å²) in [6, 6.07) is 22.3. The van der Waals surface area contributed by atoms with Crippen LogP contribution in [0.1, 0.15) is 26.3 Å². The fourth-order valence-corrected chi connectivity index (χ4v) is 3.00. The van der Waals surface area contributed by atoms with E-state index in [0.717, 1.165) is 0 Å². The average molecular weight is 438 g/mol. The van der Waals surface area contributed by atoms with Crippen LogP contribution in [0, 0.1) is 0 Å². The smallest absolute Gasteiger partial charge is 0.339 e. The molecule has 6 heteroatoms. The molecule has 0 saturated heterocycles. The number of rotatable bonds is 6. The van der Waals surface area contributed by atoms with E-state index in [2.05, 4.69) is 21.2 Å². The van der Waals surface area contributed by atoms with Crippen LogP contribution in [0.3, 0.4) is 0 Å². The molecule has 0 saturated carbocycles. The Morgan fingerprint density at radius 2 is 1.39 bits per heavy atom. The zero-order valence-electron chi connectivity index (χ0n) is 14.7. The lowest BCUT2D eigenvalue weighted by molar-refractivity contribution is -0.119. The molecule has 3 aromatic rings. The van der Waals surface area contributed by atoms with E-state index in [-0.39, 0.29) is 5.78 Å². The minimum absolute atomic E-state index is 0.207. The summed E-state index contributed by atoms with van der Waals surface area (Å²) in [5.74, 6) is -1.35. The lowest BCUT2D eigenvalue weighted by Crippen LogP contribution is -2.22. The highest BCUT2D eigenvalue weighted by Gasteiger charge is 2.16. The van der Waals surface area contributed by atoms with Gasteiger partial charge in [0.1, 0.15) is 0 Å². The van der Waals surface area contributed by atoms with E-state index < -0.39 is 18.5 Å². The minimum Gasteiger partial charge on any atom is -0.452 e. The van der Waals surface area contributed by atoms with Gasteiger partial charge in [0.05, 0.1) is 11.3 Å². The molecule has 28 heavy (non-hydrogen) atoms. The van der Waals surface area contributed by atoms with E-state index in [1.165, 1.54) is 0 Å². The lowest BCUT2D eigenvalue weighted by Gasteiger charge is -2.11. The second-order valence-corrected chi connectivity index (χ2v) is 6.70. The number of anilines is 1. The van der Waals surface area contributed by atoms with Crippen LogP contribution in [-0.4, -0.2) is 24.3 Å². The molecule has 3 aromatic carbocycles. The van der Waals surface area contributed by atoms with E-state index in [1.54, 1.807) is 72.8 Å². The highest BCUT2D eigenvalue weighted by Crippen LogP contribution is 2.20. The normalized spacial score (nSPS) is 10.2. The first kappa shape index (κ1) is 19.5. The highest BCUT2D eigenvalue weighted by molar-refractivity contribution is 9.10. The van der Waals surface area contributed by atoms with Gasteiger partial charge in [-0.05, 0) is 40.2 Å². The van der Waals surface area contributed by atoms with Crippen molar-refractivity contribution in [1.82, 2.24) is 0 Å². The van der Waals surface area contributed by atoms with E-state index >= 15 is 0 Å². The van der Waals surface area contributed by atoms with Crippen molar-refractivity contribution in [1.29, 1.82) is 0 Å². The number of halogens is 1. The summed E-state index contributed by atoms with van der Waals surface area (Å²) in [7, 11) is 0. The molecule has 5 nitrogen and oxygen atoms in total. The van der Waals surface area contributed by atoms with Gasteiger partial charge >= 0.3 is 5.97 Å². The summed E-state index contributed by atoms with van der Waals surface area (Å²) in [6.45, 7) is -0.464. The summed E-state index contributed by atoms with van der Waals surface area (Å²) in [5, 5.41) is 2.63. The second kappa shape index (κ2) is 9.10. The van der Waals surface area contributed by atoms with Crippen molar-refractivity contribution in [2.45, 2.75) is 0 Å². The van der Waals surface area contributed by atoms with Crippen molar-refractivity contribution < 1.29 is 19.1 Å². The van der Waals surface area contributed by atoms with Crippen molar-refractivity contribution in [3.63, 3.8) is 0 Å². The topological polar surface area (TPSA) is 72.5 Å². The van der Waals surface area contributed by atoms with Crippen LogP contribution in [-0.2, 0) is 9.53 Å². The number of carbonyl (C=O) groups excluding carboxylic acids is 3. The SMILES string of the molecule is O=C(COC(=O)c1ccccc1Br)Nc1ccccc1C(=O)c1ccccc1. The molecule has 0 aliphatic carbocycles. The molecular formula is C22H16BrNO4. The molecule has 140 valence electrons. The van der Waals surface area contributed by atoms with Crippen LogP contribution in [0.25, 0.3) is 0 Å². The van der Waals surface area contributed by atoms with E-state index in [0.29, 0.717) is 26.9 Å². The Morgan fingerprint density at radius 1 is 0.786 bits per heavy atom. The molecule has 0 aliphatic rings. The van der Waals surface area contributed by atoms with Crippen LogP contribution >= 0.6 is 15.9 Å². The molecule has 0 radical (unpaired) electrons. The fraction of sp³-hybridized carbons (Fsp3) is 0.0455. The van der Waals surface area contributed by atoms with Gasteiger partial charge in [-0.1, -0.05) is 54.6 Å². The summed E-state index contributed by atoms with van der Waals surface area (Å²) in [6.07, 6.45) is 0. The van der Waals surface area contributed by atoms with E-state index in [4.69, 9.17) is 4.74 Å². The average Bonchev–Trinajstić information content (AvgIpc) is 2.73. The quantitative estimate of drug-likeness (QED) is 0.455. The third-order valence-corrected chi connectivity index (χ3v) is 4.60. The number of ketones is 1. The van der Waals surface area contributed by atoms with Crippen molar-refractivity contribution in [3.8, 4) is 0 Å². The third-order valence-electron chi connectivity index (χ3n) is 3.91. The lowest BCUT2D eigenvalue weighted by atomic mass is 10.0. The molecule has 3 rings (SSSR count). The highest BCUT2D eigenvalue weighted by atomic mass is 79.9. The number of benzene rings is 3. The fourth-order valence-electron chi connectivity index (χ4n) is 2.56. The maximum absolute atomic E-state index is 12.7. The van der Waals surface area contributed by atoms with Crippen molar-refractivity contribution in [2.75, 3.05) is 11.9 Å². The van der Waals surface area contributed by atoms with Crippen molar-refractivity contribution >= 4 is 39.3 Å². The maximum atomic E-state index is 12.7. The molecule has 0 atom stereocenters. The number of ether oxygens (including phenoxy) is 1. The van der Waals surface area contributed by atoms with Crippen LogP contribution in [0.4, 0.5) is 5.69 Å². The zero-order chi connectivity index (χ0) is 19.9. The van der Waals surface area contributed by atoms with Gasteiger partial charge in [0.2, 0.25) is 0 Å². The third kappa shape index (κ3) is 4.72. The molecule has 1 amide bonds. The number of hydrogen-bond acceptors (Lipinski definition) is 4. The predicted molar refractivity (Wildman–Crippen MR) is 109 cm³/mol. The molecule has 0 aromatic heterocycles. The summed E-state index contributed by atoms with van der Waals surface area (Å²) >= 11 is 3.27. The molecule has 1 N–H and O–H groups in total. The molecule has 0 heterocycles. The first-order valence-electron chi connectivity index (χ1n) is 8.46. The van der Waals surface area contributed by atoms with Crippen LogP contribution in [0.5, 0.6) is 0 Å². The van der Waals surface area contributed by atoms with Gasteiger partial charge in [-0.3, -0.25) is 9.59 Å². The van der Waals surface area contributed by atoms with Gasteiger partial charge in [-0.25, -0.2) is 4.79 Å². The summed E-state index contributed by atoms with van der Waals surface area (Å²) < 4.78 is 5.64. The van der Waals surface area contributed by atoms with Gasteiger partial charge in [0.15, 0.2) is 12.4 Å². The molecular weight excluding hydrogens is 422 g/mol. The number of carbonyl (C=O) groups is 3. The Kier molecular flexibility index (Phi) is 6.34. The Balaban J connectivity index is 1.67. The van der Waals surface area contributed by atoms with Crippen LogP contribution < -0.4 is 5.32 Å². The summed E-state index contributed by atoms with van der Waals surface area (Å²) in [4.78, 5) is 37.0. The Bertz CT molecular complexity index is 1020. The molecule has 0 fully saturated rings. The predicted octanol–water partition coefficient (Wildman–Crippen LogP) is 4.48. The van der Waals surface area contributed by atoms with E-state index in [1.807, 2.05) is 6.07 Å². The standard InChI is InChI=1S/C22H16BrNO4/c23-18-12-6-4-10-16(18)22(27)28-14-20(25)24-19-13-7-5-11-17(19)21(26)15-8-2-1-3-9-15/h1-13H,14H2,(H,24,25). The molecule has 0 bridgehead atoms. The van der Waals surface area contributed by atoms with Crippen molar-refractivity contribution in [2.24, 2.45) is 0 Å². The Labute approximate surface area is 170 Å². The summed E-state index contributed by atoms with van der Waals surface area (Å²) in [5.41, 5.74) is 1.57. The first-order valence-corrected chi connectivity index (χ1v) is 9.26. The molecule has 0 spiro atoms. The Morgan fingerprint density at radius 3 is 2.11 bits per heavy atom. The number of para-hydroxylation sites is 1. The Hall–Kier alpha value is -3.25. The van der Waals surface area contributed by atoms with Gasteiger partial charge in [0, 0.05) is 15.6 Å². The number of esters is 1. The van der Waals surface area contributed by atoms with Crippen LogP contribution in [0.2, 0.25) is 0 Å². The van der Waals surface area contributed by atoms with E-state index in [9.17, 15) is 14.4 Å². The number of nitrogens with one attached hydrogen (secondary N) is 1. The zero-order valence-corrected chi connectivity index (χ0v) is 16.3. The largest absolute Gasteiger partial charge is 0.452 e. The van der Waals surface area contributed by atoms with Gasteiger partial charge < -0.3 is 10.1 Å². The second-order valence-electron chi connectivity index (χ2n) is 5.84. The van der Waals surface area contributed by atoms with Crippen LogP contribution in [0.15, 0.2) is 83.3 Å². The number of hydrogen-bond donors (Lipinski definition) is 1. The van der Waals surface area contributed by atoms with Gasteiger partial charge in [-0.15, -0.1) is 0 Å². The first-order chi connectivity index (χ1) is 13.6. The minimum atomic E-state index is -0.615. The van der Waals surface area contributed by atoms with Crippen molar-refractivity contribution in [3.05, 3.63) is 100 Å². The monoisotopic (exact) mass is 437 g/mol. The molecule has 0 unspecified atom stereocenters. The number of amides is 1. The molecule has 0 aliphatic heterocycles. The maximum Gasteiger partial charge on any atom is 0.339 e. The van der Waals surface area contributed by atoms with Gasteiger partial charge in [-0.2, -0.15) is 0 Å². The van der Waals surface area contributed by atoms with Gasteiger partial charge in [0.25, 0.3) is 5.91 Å².